The molecule has 0 amide bonds. The lowest BCUT2D eigenvalue weighted by Gasteiger charge is -2.09. The summed E-state index contributed by atoms with van der Waals surface area (Å²) < 4.78 is 12.7. The van der Waals surface area contributed by atoms with Gasteiger partial charge in [0.1, 0.15) is 16.5 Å². The van der Waals surface area contributed by atoms with Gasteiger partial charge >= 0.3 is 0 Å². The third-order valence-electron chi connectivity index (χ3n) is 6.55. The topological polar surface area (TPSA) is 74.1 Å². The van der Waals surface area contributed by atoms with Gasteiger partial charge in [-0.1, -0.05) is 41.7 Å². The van der Waals surface area contributed by atoms with Crippen LogP contribution in [-0.2, 0) is 6.54 Å². The van der Waals surface area contributed by atoms with E-state index in [0.29, 0.717) is 6.54 Å². The van der Waals surface area contributed by atoms with Crippen LogP contribution in [0.15, 0.2) is 109 Å². The molecule has 1 N–H and O–H groups in total. The number of ether oxygens (including phenoxy) is 2. The normalized spacial score (nSPS) is 10.8. The molecule has 198 valence electrons. The highest BCUT2D eigenvalue weighted by molar-refractivity contribution is 7.18. The van der Waals surface area contributed by atoms with Gasteiger partial charge in [-0.15, -0.1) is 10.2 Å². The molecule has 0 radical (unpaired) electrons. The molecule has 6 aromatic rings. The van der Waals surface area contributed by atoms with Gasteiger partial charge in [0.05, 0.1) is 31.3 Å². The summed E-state index contributed by atoms with van der Waals surface area (Å²) in [5.41, 5.74) is 7.04. The first-order chi connectivity index (χ1) is 19.7. The van der Waals surface area contributed by atoms with Crippen LogP contribution in [0, 0.1) is 0 Å². The van der Waals surface area contributed by atoms with Crippen LogP contribution in [0.5, 0.6) is 11.5 Å². The number of rotatable bonds is 9. The highest BCUT2D eigenvalue weighted by atomic mass is 32.1. The SMILES string of the molecule is COc1ccc(-c2cc(-c3ccc(OC)cc3)n(-c3ccc(-c4nnc(NCc5ccccc5)s4)cc3)n2)cc1. The Morgan fingerprint density at radius 3 is 1.98 bits per heavy atom. The molecule has 0 saturated heterocycles. The fourth-order valence-corrected chi connectivity index (χ4v) is 5.12. The third kappa shape index (κ3) is 5.43. The predicted octanol–water partition coefficient (Wildman–Crippen LogP) is 7.35. The quantitative estimate of drug-likeness (QED) is 0.205. The van der Waals surface area contributed by atoms with E-state index in [9.17, 15) is 0 Å². The molecule has 4 aromatic carbocycles. The van der Waals surface area contributed by atoms with Crippen molar-refractivity contribution in [2.24, 2.45) is 0 Å². The molecule has 0 fully saturated rings. The number of benzene rings is 4. The second-order valence-corrected chi connectivity index (χ2v) is 10.1. The van der Waals surface area contributed by atoms with Crippen molar-refractivity contribution in [3.8, 4) is 50.3 Å². The van der Waals surface area contributed by atoms with Crippen LogP contribution >= 0.6 is 11.3 Å². The minimum Gasteiger partial charge on any atom is -0.497 e. The van der Waals surface area contributed by atoms with E-state index in [-0.39, 0.29) is 0 Å². The summed E-state index contributed by atoms with van der Waals surface area (Å²) in [6.45, 7) is 0.707. The summed E-state index contributed by atoms with van der Waals surface area (Å²) in [6, 6.07) is 36.5. The molecular weight excluding hydrogens is 518 g/mol. The zero-order valence-electron chi connectivity index (χ0n) is 22.1. The molecule has 0 aliphatic rings. The van der Waals surface area contributed by atoms with E-state index in [0.717, 1.165) is 55.4 Å². The van der Waals surface area contributed by atoms with E-state index in [4.69, 9.17) is 14.6 Å². The Morgan fingerprint density at radius 2 is 1.32 bits per heavy atom. The van der Waals surface area contributed by atoms with Crippen molar-refractivity contribution in [3.63, 3.8) is 0 Å². The lowest BCUT2D eigenvalue weighted by Crippen LogP contribution is -1.99. The lowest BCUT2D eigenvalue weighted by molar-refractivity contribution is 0.414. The maximum Gasteiger partial charge on any atom is 0.206 e. The van der Waals surface area contributed by atoms with Crippen LogP contribution in [0.2, 0.25) is 0 Å². The van der Waals surface area contributed by atoms with Crippen molar-refractivity contribution < 1.29 is 9.47 Å². The van der Waals surface area contributed by atoms with Crippen LogP contribution in [0.4, 0.5) is 5.13 Å². The number of methoxy groups -OCH3 is 2. The van der Waals surface area contributed by atoms with E-state index in [2.05, 4.69) is 58.0 Å². The number of hydrogen-bond donors (Lipinski definition) is 1. The van der Waals surface area contributed by atoms with E-state index in [1.165, 1.54) is 16.9 Å². The number of hydrogen-bond acceptors (Lipinski definition) is 7. The third-order valence-corrected chi connectivity index (χ3v) is 7.48. The van der Waals surface area contributed by atoms with Crippen molar-refractivity contribution >= 4 is 16.5 Å². The highest BCUT2D eigenvalue weighted by Gasteiger charge is 2.15. The molecule has 0 spiro atoms. The number of nitrogens with zero attached hydrogens (tertiary/aromatic N) is 4. The van der Waals surface area contributed by atoms with Crippen LogP contribution in [0.1, 0.15) is 5.56 Å². The molecule has 0 bridgehead atoms. The van der Waals surface area contributed by atoms with Gasteiger partial charge in [-0.25, -0.2) is 4.68 Å². The second kappa shape index (κ2) is 11.4. The molecule has 0 aliphatic heterocycles. The van der Waals surface area contributed by atoms with E-state index in [1.54, 1.807) is 14.2 Å². The van der Waals surface area contributed by atoms with E-state index in [1.807, 2.05) is 71.4 Å². The summed E-state index contributed by atoms with van der Waals surface area (Å²) in [5, 5.41) is 18.7. The molecule has 7 nitrogen and oxygen atoms in total. The van der Waals surface area contributed by atoms with Gasteiger partial charge in [0.15, 0.2) is 0 Å². The second-order valence-electron chi connectivity index (χ2n) is 9.08. The molecule has 2 heterocycles. The molecule has 0 saturated carbocycles. The number of nitrogens with one attached hydrogen (secondary N) is 1. The van der Waals surface area contributed by atoms with Crippen molar-refractivity contribution in [2.45, 2.75) is 6.54 Å². The average molecular weight is 546 g/mol. The zero-order valence-corrected chi connectivity index (χ0v) is 22.9. The first-order valence-electron chi connectivity index (χ1n) is 12.8. The Bertz CT molecular complexity index is 1690. The largest absolute Gasteiger partial charge is 0.497 e. The van der Waals surface area contributed by atoms with Gasteiger partial charge in [0.25, 0.3) is 0 Å². The van der Waals surface area contributed by atoms with Crippen molar-refractivity contribution in [2.75, 3.05) is 19.5 Å². The zero-order chi connectivity index (χ0) is 27.3. The number of anilines is 1. The Labute approximate surface area is 236 Å². The standard InChI is InChI=1S/C32H27N5O2S/c1-38-27-16-10-23(11-17-27)29-20-30(24-12-18-28(39-2)19-13-24)37(36-29)26-14-8-25(9-15-26)31-34-35-32(40-31)33-21-22-6-4-3-5-7-22/h3-20H,21H2,1-2H3,(H,33,35). The summed E-state index contributed by atoms with van der Waals surface area (Å²) in [4.78, 5) is 0. The molecule has 0 aliphatic carbocycles. The van der Waals surface area contributed by atoms with Crippen LogP contribution in [0.3, 0.4) is 0 Å². The number of aromatic nitrogens is 4. The Morgan fingerprint density at radius 1 is 0.700 bits per heavy atom. The molecular formula is C32H27N5O2S. The van der Waals surface area contributed by atoms with Crippen LogP contribution < -0.4 is 14.8 Å². The Kier molecular flexibility index (Phi) is 7.24. The van der Waals surface area contributed by atoms with Crippen LogP contribution in [0.25, 0.3) is 38.8 Å². The molecule has 0 unspecified atom stereocenters. The summed E-state index contributed by atoms with van der Waals surface area (Å²) in [7, 11) is 3.34. The smallest absolute Gasteiger partial charge is 0.206 e. The maximum atomic E-state index is 5.36. The van der Waals surface area contributed by atoms with Gasteiger partial charge in [0.2, 0.25) is 5.13 Å². The minimum atomic E-state index is 0.707. The predicted molar refractivity (Wildman–Crippen MR) is 160 cm³/mol. The first-order valence-corrected chi connectivity index (χ1v) is 13.6. The van der Waals surface area contributed by atoms with Gasteiger partial charge in [-0.2, -0.15) is 5.10 Å². The summed E-state index contributed by atoms with van der Waals surface area (Å²) in [6.07, 6.45) is 0. The molecule has 40 heavy (non-hydrogen) atoms. The van der Waals surface area contributed by atoms with E-state index >= 15 is 0 Å². The van der Waals surface area contributed by atoms with Crippen LogP contribution in [-0.4, -0.2) is 34.2 Å². The van der Waals surface area contributed by atoms with Gasteiger partial charge in [-0.3, -0.25) is 0 Å². The minimum absolute atomic E-state index is 0.707. The summed E-state index contributed by atoms with van der Waals surface area (Å²) in [5.74, 6) is 1.62. The molecule has 0 atom stereocenters. The molecule has 6 rings (SSSR count). The van der Waals surface area contributed by atoms with Gasteiger partial charge < -0.3 is 14.8 Å². The van der Waals surface area contributed by atoms with Crippen molar-refractivity contribution in [3.05, 3.63) is 115 Å². The van der Waals surface area contributed by atoms with E-state index < -0.39 is 0 Å². The summed E-state index contributed by atoms with van der Waals surface area (Å²) >= 11 is 1.54. The maximum absolute atomic E-state index is 5.36. The fraction of sp³-hybridized carbons (Fsp3) is 0.0938. The first kappa shape index (κ1) is 25.3. The van der Waals surface area contributed by atoms with Crippen molar-refractivity contribution in [1.82, 2.24) is 20.0 Å². The van der Waals surface area contributed by atoms with Gasteiger partial charge in [0, 0.05) is 23.2 Å². The molecule has 8 heteroatoms. The van der Waals surface area contributed by atoms with Gasteiger partial charge in [-0.05, 0) is 84.4 Å². The lowest BCUT2D eigenvalue weighted by atomic mass is 10.1. The average Bonchev–Trinajstić information content (AvgIpc) is 3.69. The highest BCUT2D eigenvalue weighted by Crippen LogP contribution is 2.32. The van der Waals surface area contributed by atoms with Crippen molar-refractivity contribution in [1.29, 1.82) is 0 Å². The Hall–Kier alpha value is -4.95. The fourth-order valence-electron chi connectivity index (χ4n) is 4.38. The monoisotopic (exact) mass is 545 g/mol. The Balaban J connectivity index is 1.29. The molecule has 2 aromatic heterocycles.